The summed E-state index contributed by atoms with van der Waals surface area (Å²) in [7, 11) is 1.77. The summed E-state index contributed by atoms with van der Waals surface area (Å²) in [4.78, 5) is 14.6. The monoisotopic (exact) mass is 184 g/mol. The maximum Gasteiger partial charge on any atom is 0.339 e. The first kappa shape index (κ1) is 9.53. The SMILES string of the molecule is CC(c1nccn1C)N(O)C(N)=O. The molecule has 72 valence electrons. The molecular formula is C7H12N4O2. The smallest absolute Gasteiger partial charge is 0.339 e. The topological polar surface area (TPSA) is 84.4 Å². The molecule has 0 aliphatic heterocycles. The van der Waals surface area contributed by atoms with Gasteiger partial charge in [-0.1, -0.05) is 0 Å². The Bertz CT molecular complexity index is 309. The van der Waals surface area contributed by atoms with Crippen LogP contribution in [0.2, 0.25) is 0 Å². The number of nitrogens with zero attached hydrogens (tertiary/aromatic N) is 3. The van der Waals surface area contributed by atoms with E-state index in [1.165, 1.54) is 0 Å². The fourth-order valence-electron chi connectivity index (χ4n) is 1.08. The number of urea groups is 1. The van der Waals surface area contributed by atoms with Crippen molar-refractivity contribution in [1.82, 2.24) is 14.6 Å². The van der Waals surface area contributed by atoms with Gasteiger partial charge in [0.1, 0.15) is 11.9 Å². The van der Waals surface area contributed by atoms with Gasteiger partial charge in [0.2, 0.25) is 0 Å². The Hall–Kier alpha value is -1.56. The van der Waals surface area contributed by atoms with Crippen LogP contribution >= 0.6 is 0 Å². The molecule has 1 heterocycles. The molecule has 3 N–H and O–H groups in total. The number of hydroxylamine groups is 2. The van der Waals surface area contributed by atoms with Gasteiger partial charge in [-0.15, -0.1) is 0 Å². The molecule has 6 heteroatoms. The number of hydrogen-bond acceptors (Lipinski definition) is 3. The van der Waals surface area contributed by atoms with Crippen LogP contribution in [0.4, 0.5) is 4.79 Å². The minimum atomic E-state index is -0.893. The Labute approximate surface area is 75.5 Å². The van der Waals surface area contributed by atoms with Crippen molar-refractivity contribution in [2.24, 2.45) is 12.8 Å². The Kier molecular flexibility index (Phi) is 2.52. The highest BCUT2D eigenvalue weighted by molar-refractivity contribution is 5.70. The lowest BCUT2D eigenvalue weighted by Gasteiger charge is -2.19. The maximum atomic E-state index is 10.6. The predicted octanol–water partition coefficient (Wildman–Crippen LogP) is 0.251. The summed E-state index contributed by atoms with van der Waals surface area (Å²) in [6.07, 6.45) is 3.31. The van der Waals surface area contributed by atoms with Crippen LogP contribution in [-0.4, -0.2) is 25.9 Å². The van der Waals surface area contributed by atoms with Crippen molar-refractivity contribution in [3.8, 4) is 0 Å². The minimum Gasteiger partial charge on any atom is -0.350 e. The molecule has 0 saturated carbocycles. The van der Waals surface area contributed by atoms with Crippen molar-refractivity contribution in [1.29, 1.82) is 0 Å². The van der Waals surface area contributed by atoms with E-state index in [1.54, 1.807) is 30.9 Å². The highest BCUT2D eigenvalue weighted by Gasteiger charge is 2.20. The van der Waals surface area contributed by atoms with Gasteiger partial charge in [-0.05, 0) is 6.92 Å². The van der Waals surface area contributed by atoms with E-state index >= 15 is 0 Å². The van der Waals surface area contributed by atoms with E-state index in [0.717, 1.165) is 0 Å². The first-order valence-corrected chi connectivity index (χ1v) is 3.78. The number of hydrogen-bond donors (Lipinski definition) is 2. The fourth-order valence-corrected chi connectivity index (χ4v) is 1.08. The summed E-state index contributed by atoms with van der Waals surface area (Å²) in [6, 6.07) is -1.44. The number of rotatable bonds is 2. The molecule has 13 heavy (non-hydrogen) atoms. The molecular weight excluding hydrogens is 172 g/mol. The molecule has 0 saturated heterocycles. The second-order valence-electron chi connectivity index (χ2n) is 2.76. The summed E-state index contributed by atoms with van der Waals surface area (Å²) >= 11 is 0. The summed E-state index contributed by atoms with van der Waals surface area (Å²) in [5.41, 5.74) is 4.89. The lowest BCUT2D eigenvalue weighted by molar-refractivity contribution is -0.0739. The molecule has 0 aliphatic carbocycles. The predicted molar refractivity (Wildman–Crippen MR) is 44.8 cm³/mol. The van der Waals surface area contributed by atoms with Crippen LogP contribution in [0.3, 0.4) is 0 Å². The van der Waals surface area contributed by atoms with Crippen LogP contribution in [-0.2, 0) is 7.05 Å². The van der Waals surface area contributed by atoms with Gasteiger partial charge in [0, 0.05) is 19.4 Å². The first-order valence-electron chi connectivity index (χ1n) is 3.78. The number of nitrogens with two attached hydrogens (primary N) is 1. The number of imidazole rings is 1. The van der Waals surface area contributed by atoms with E-state index in [9.17, 15) is 10.0 Å². The first-order chi connectivity index (χ1) is 6.04. The number of amides is 2. The largest absolute Gasteiger partial charge is 0.350 e. The van der Waals surface area contributed by atoms with Crippen LogP contribution < -0.4 is 5.73 Å². The normalized spacial score (nSPS) is 12.5. The Morgan fingerprint density at radius 1 is 1.85 bits per heavy atom. The summed E-state index contributed by atoms with van der Waals surface area (Å²) < 4.78 is 1.71. The summed E-state index contributed by atoms with van der Waals surface area (Å²) in [5.74, 6) is 0.571. The molecule has 1 rings (SSSR count). The molecule has 1 atom stereocenters. The van der Waals surface area contributed by atoms with Crippen molar-refractivity contribution in [3.63, 3.8) is 0 Å². The average Bonchev–Trinajstić information content (AvgIpc) is 2.48. The number of aromatic nitrogens is 2. The lowest BCUT2D eigenvalue weighted by atomic mass is 10.3. The molecule has 1 aromatic rings. The number of carbonyl (C=O) groups excluding carboxylic acids is 1. The summed E-state index contributed by atoms with van der Waals surface area (Å²) in [6.45, 7) is 1.63. The molecule has 0 radical (unpaired) electrons. The third kappa shape index (κ3) is 1.78. The van der Waals surface area contributed by atoms with E-state index in [4.69, 9.17) is 5.73 Å². The molecule has 1 aromatic heterocycles. The maximum absolute atomic E-state index is 10.6. The van der Waals surface area contributed by atoms with Crippen molar-refractivity contribution < 1.29 is 10.0 Å². The highest BCUT2D eigenvalue weighted by Crippen LogP contribution is 2.14. The molecule has 6 nitrogen and oxygen atoms in total. The van der Waals surface area contributed by atoms with Crippen LogP contribution in [0, 0.1) is 0 Å². The van der Waals surface area contributed by atoms with Gasteiger partial charge in [0.15, 0.2) is 0 Å². The van der Waals surface area contributed by atoms with E-state index < -0.39 is 12.1 Å². The second kappa shape index (κ2) is 3.44. The minimum absolute atomic E-state index is 0.447. The van der Waals surface area contributed by atoms with Crippen LogP contribution in [0.15, 0.2) is 12.4 Å². The Morgan fingerprint density at radius 3 is 2.85 bits per heavy atom. The van der Waals surface area contributed by atoms with Gasteiger partial charge in [-0.2, -0.15) is 5.06 Å². The van der Waals surface area contributed by atoms with Crippen LogP contribution in [0.5, 0.6) is 0 Å². The van der Waals surface area contributed by atoms with Gasteiger partial charge >= 0.3 is 6.03 Å². The lowest BCUT2D eigenvalue weighted by Crippen LogP contribution is -2.35. The molecule has 0 spiro atoms. The van der Waals surface area contributed by atoms with Gasteiger partial charge in [0.05, 0.1) is 0 Å². The van der Waals surface area contributed by atoms with E-state index in [1.807, 2.05) is 0 Å². The third-order valence-electron chi connectivity index (χ3n) is 1.82. The number of primary amides is 1. The average molecular weight is 184 g/mol. The molecule has 0 aromatic carbocycles. The van der Waals surface area contributed by atoms with Gasteiger partial charge in [-0.3, -0.25) is 5.21 Å². The highest BCUT2D eigenvalue weighted by atomic mass is 16.5. The number of aryl methyl sites for hydroxylation is 1. The van der Waals surface area contributed by atoms with Gasteiger partial charge < -0.3 is 10.3 Å². The van der Waals surface area contributed by atoms with E-state index in [-0.39, 0.29) is 0 Å². The zero-order valence-corrected chi connectivity index (χ0v) is 7.51. The Morgan fingerprint density at radius 2 is 2.46 bits per heavy atom. The quantitative estimate of drug-likeness (QED) is 0.510. The van der Waals surface area contributed by atoms with Crippen LogP contribution in [0.1, 0.15) is 18.8 Å². The molecule has 1 unspecified atom stereocenters. The third-order valence-corrected chi connectivity index (χ3v) is 1.82. The Balaban J connectivity index is 2.85. The second-order valence-corrected chi connectivity index (χ2v) is 2.76. The van der Waals surface area contributed by atoms with E-state index in [0.29, 0.717) is 10.9 Å². The van der Waals surface area contributed by atoms with Gasteiger partial charge in [-0.25, -0.2) is 9.78 Å². The van der Waals surface area contributed by atoms with Crippen molar-refractivity contribution >= 4 is 6.03 Å². The zero-order valence-electron chi connectivity index (χ0n) is 7.51. The molecule has 0 aliphatic rings. The number of carbonyl (C=O) groups is 1. The molecule has 0 fully saturated rings. The van der Waals surface area contributed by atoms with Crippen molar-refractivity contribution in [3.05, 3.63) is 18.2 Å². The molecule has 0 bridgehead atoms. The zero-order chi connectivity index (χ0) is 10.0. The van der Waals surface area contributed by atoms with Crippen LogP contribution in [0.25, 0.3) is 0 Å². The standard InChI is InChI=1S/C7H12N4O2/c1-5(11(13)7(8)12)6-9-3-4-10(6)2/h3-5,13H,1-2H3,(H2,8,12). The van der Waals surface area contributed by atoms with E-state index in [2.05, 4.69) is 4.98 Å². The molecule has 2 amide bonds. The van der Waals surface area contributed by atoms with Crippen molar-refractivity contribution in [2.45, 2.75) is 13.0 Å². The summed E-state index contributed by atoms with van der Waals surface area (Å²) in [5, 5.41) is 9.64. The van der Waals surface area contributed by atoms with Crippen molar-refractivity contribution in [2.75, 3.05) is 0 Å². The fraction of sp³-hybridized carbons (Fsp3) is 0.429. The van der Waals surface area contributed by atoms with Gasteiger partial charge in [0.25, 0.3) is 0 Å².